The second-order valence-electron chi connectivity index (χ2n) is 11.6. The highest BCUT2D eigenvalue weighted by Gasteiger charge is 2.69. The van der Waals surface area contributed by atoms with Crippen LogP contribution in [0.1, 0.15) is 79.1 Å². The molecule has 28 heavy (non-hydrogen) atoms. The second kappa shape index (κ2) is 6.09. The number of cyclic esters (lactones) is 1. The molecule has 156 valence electrons. The fourth-order valence-corrected chi connectivity index (χ4v) is 8.99. The molecule has 5 rings (SSSR count). The summed E-state index contributed by atoms with van der Waals surface area (Å²) >= 11 is 0. The van der Waals surface area contributed by atoms with Crippen LogP contribution in [0.25, 0.3) is 0 Å². The van der Waals surface area contributed by atoms with E-state index in [0.29, 0.717) is 29.8 Å². The van der Waals surface area contributed by atoms with Crippen LogP contribution < -0.4 is 0 Å². The van der Waals surface area contributed by atoms with Gasteiger partial charge in [0.05, 0.1) is 5.60 Å². The lowest BCUT2D eigenvalue weighted by Crippen LogP contribution is -2.64. The van der Waals surface area contributed by atoms with E-state index in [-0.39, 0.29) is 17.3 Å². The third-order valence-electron chi connectivity index (χ3n) is 10.8. The molecule has 0 unspecified atom stereocenters. The van der Waals surface area contributed by atoms with Crippen molar-refractivity contribution < 1.29 is 14.6 Å². The Morgan fingerprint density at radius 2 is 1.82 bits per heavy atom. The van der Waals surface area contributed by atoms with E-state index in [2.05, 4.69) is 27.7 Å². The van der Waals surface area contributed by atoms with Gasteiger partial charge in [0.1, 0.15) is 6.61 Å². The van der Waals surface area contributed by atoms with Gasteiger partial charge in [-0.1, -0.05) is 34.1 Å². The van der Waals surface area contributed by atoms with Gasteiger partial charge in [0.15, 0.2) is 0 Å². The van der Waals surface area contributed by atoms with Crippen molar-refractivity contribution in [3.8, 4) is 0 Å². The van der Waals surface area contributed by atoms with Crippen molar-refractivity contribution in [3.05, 3.63) is 11.6 Å². The summed E-state index contributed by atoms with van der Waals surface area (Å²) in [6.45, 7) is 10.2. The molecule has 0 aromatic heterocycles. The zero-order valence-corrected chi connectivity index (χ0v) is 18.2. The van der Waals surface area contributed by atoms with Gasteiger partial charge in [-0.05, 0) is 91.4 Å². The van der Waals surface area contributed by atoms with Crippen molar-refractivity contribution in [3.63, 3.8) is 0 Å². The number of hydrogen-bond acceptors (Lipinski definition) is 3. The maximum absolute atomic E-state index is 12.3. The smallest absolute Gasteiger partial charge is 0.331 e. The fraction of sp³-hybridized carbons (Fsp3) is 0.880. The highest BCUT2D eigenvalue weighted by molar-refractivity contribution is 5.85. The zero-order chi connectivity index (χ0) is 19.9. The first kappa shape index (κ1) is 19.2. The average Bonchev–Trinajstić information content (AvgIpc) is 3.19. The molecule has 0 bridgehead atoms. The fourth-order valence-electron chi connectivity index (χ4n) is 8.99. The van der Waals surface area contributed by atoms with Crippen molar-refractivity contribution in [2.75, 3.05) is 6.61 Å². The van der Waals surface area contributed by atoms with Gasteiger partial charge in [-0.25, -0.2) is 4.79 Å². The summed E-state index contributed by atoms with van der Waals surface area (Å²) in [5.74, 6) is 3.35. The standard InChI is InChI=1S/C25H38O3/c1-15-7-9-23(3)18(11-15)5-6-20-21(23)12-16(2)24(4)19(8-10-25(20,24)27)17-13-22(26)28-14-17/h13,15-16,18-21,27H,5-12,14H2,1-4H3/t15-,16+,18+,19+,20+,21-,23-,24+,25-/m0/s1. The number of esters is 1. The molecule has 3 nitrogen and oxygen atoms in total. The van der Waals surface area contributed by atoms with Crippen LogP contribution in [0.4, 0.5) is 0 Å². The first-order chi connectivity index (χ1) is 13.2. The Labute approximate surface area is 170 Å². The van der Waals surface area contributed by atoms with Crippen LogP contribution in [0, 0.1) is 46.3 Å². The third kappa shape index (κ3) is 2.29. The van der Waals surface area contributed by atoms with Crippen LogP contribution in [0.2, 0.25) is 0 Å². The van der Waals surface area contributed by atoms with Crippen LogP contribution in [0.5, 0.6) is 0 Å². The second-order valence-corrected chi connectivity index (χ2v) is 11.6. The highest BCUT2D eigenvalue weighted by Crippen LogP contribution is 2.71. The minimum absolute atomic E-state index is 0.140. The topological polar surface area (TPSA) is 46.5 Å². The SMILES string of the molecule is C[C@H]1CC[C@@]2(C)[C@H](CC[C@@H]3[C@@H]2C[C@@H](C)[C@]2(C)[C@@H](C4=CC(=O)OC4)CC[C@]32O)C1. The van der Waals surface area contributed by atoms with Crippen molar-refractivity contribution in [1.29, 1.82) is 0 Å². The Morgan fingerprint density at radius 3 is 2.54 bits per heavy atom. The molecule has 0 aromatic rings. The molecule has 0 spiro atoms. The molecule has 9 atom stereocenters. The summed E-state index contributed by atoms with van der Waals surface area (Å²) in [6.07, 6.45) is 11.4. The summed E-state index contributed by atoms with van der Waals surface area (Å²) in [6, 6.07) is 0. The van der Waals surface area contributed by atoms with Crippen molar-refractivity contribution in [2.24, 2.45) is 46.3 Å². The maximum atomic E-state index is 12.3. The Kier molecular flexibility index (Phi) is 4.17. The van der Waals surface area contributed by atoms with Gasteiger partial charge < -0.3 is 9.84 Å². The molecule has 3 heteroatoms. The van der Waals surface area contributed by atoms with Crippen LogP contribution in [-0.2, 0) is 9.53 Å². The highest BCUT2D eigenvalue weighted by atomic mass is 16.5. The molecule has 4 fully saturated rings. The number of rotatable bonds is 1. The van der Waals surface area contributed by atoms with Crippen molar-refractivity contribution >= 4 is 5.97 Å². The summed E-state index contributed by atoms with van der Waals surface area (Å²) in [5.41, 5.74) is 0.813. The van der Waals surface area contributed by atoms with Crippen LogP contribution in [-0.4, -0.2) is 23.3 Å². The molecule has 1 aliphatic heterocycles. The van der Waals surface area contributed by atoms with E-state index in [1.807, 2.05) is 0 Å². The third-order valence-corrected chi connectivity index (χ3v) is 10.8. The largest absolute Gasteiger partial charge is 0.458 e. The zero-order valence-electron chi connectivity index (χ0n) is 18.2. The molecule has 0 amide bonds. The van der Waals surface area contributed by atoms with E-state index >= 15 is 0 Å². The van der Waals surface area contributed by atoms with Gasteiger partial charge in [-0.3, -0.25) is 0 Å². The number of fused-ring (bicyclic) bond motifs is 5. The van der Waals surface area contributed by atoms with Crippen LogP contribution >= 0.6 is 0 Å². The van der Waals surface area contributed by atoms with E-state index in [1.165, 1.54) is 38.5 Å². The lowest BCUT2D eigenvalue weighted by atomic mass is 9.41. The van der Waals surface area contributed by atoms with E-state index in [4.69, 9.17) is 4.74 Å². The van der Waals surface area contributed by atoms with Crippen LogP contribution in [0.3, 0.4) is 0 Å². The van der Waals surface area contributed by atoms with Gasteiger partial charge in [-0.15, -0.1) is 0 Å². The summed E-state index contributed by atoms with van der Waals surface area (Å²) in [5, 5.41) is 12.3. The monoisotopic (exact) mass is 386 g/mol. The molecule has 5 aliphatic rings. The predicted octanol–water partition coefficient (Wildman–Crippen LogP) is 5.13. The lowest BCUT2D eigenvalue weighted by Gasteiger charge is -2.65. The van der Waals surface area contributed by atoms with Crippen molar-refractivity contribution in [1.82, 2.24) is 0 Å². The minimum atomic E-state index is -0.594. The van der Waals surface area contributed by atoms with Gasteiger partial charge in [0.25, 0.3) is 0 Å². The molecule has 1 heterocycles. The summed E-state index contributed by atoms with van der Waals surface area (Å²) in [4.78, 5) is 11.7. The summed E-state index contributed by atoms with van der Waals surface area (Å²) in [7, 11) is 0. The predicted molar refractivity (Wildman–Crippen MR) is 109 cm³/mol. The average molecular weight is 387 g/mol. The Hall–Kier alpha value is -0.830. The van der Waals surface area contributed by atoms with Gasteiger partial charge in [0, 0.05) is 11.5 Å². The molecule has 1 N–H and O–H groups in total. The van der Waals surface area contributed by atoms with Gasteiger partial charge in [0.2, 0.25) is 0 Å². The number of carbonyl (C=O) groups is 1. The van der Waals surface area contributed by atoms with Crippen LogP contribution in [0.15, 0.2) is 11.6 Å². The van der Waals surface area contributed by atoms with Gasteiger partial charge in [-0.2, -0.15) is 0 Å². The number of carbonyl (C=O) groups excluding carboxylic acids is 1. The van der Waals surface area contributed by atoms with Crippen molar-refractivity contribution in [2.45, 2.75) is 84.7 Å². The molecule has 4 aliphatic carbocycles. The molecule has 0 saturated heterocycles. The summed E-state index contributed by atoms with van der Waals surface area (Å²) < 4.78 is 5.26. The number of aliphatic hydroxyl groups is 1. The molecular weight excluding hydrogens is 348 g/mol. The number of hydrogen-bond donors (Lipinski definition) is 1. The normalized spacial score (nSPS) is 55.8. The molecule has 0 aromatic carbocycles. The van der Waals surface area contributed by atoms with E-state index in [1.54, 1.807) is 6.08 Å². The number of ether oxygens (including phenoxy) is 1. The first-order valence-corrected chi connectivity index (χ1v) is 11.8. The van der Waals surface area contributed by atoms with E-state index < -0.39 is 5.60 Å². The quantitative estimate of drug-likeness (QED) is 0.636. The van der Waals surface area contributed by atoms with E-state index in [0.717, 1.165) is 30.3 Å². The lowest BCUT2D eigenvalue weighted by molar-refractivity contribution is -0.225. The Morgan fingerprint density at radius 1 is 1.04 bits per heavy atom. The van der Waals surface area contributed by atoms with Gasteiger partial charge >= 0.3 is 5.97 Å². The molecular formula is C25H38O3. The Balaban J connectivity index is 1.51. The molecule has 4 saturated carbocycles. The Bertz CT molecular complexity index is 713. The molecule has 0 radical (unpaired) electrons. The first-order valence-electron chi connectivity index (χ1n) is 11.8. The maximum Gasteiger partial charge on any atom is 0.331 e. The minimum Gasteiger partial charge on any atom is -0.458 e. The van der Waals surface area contributed by atoms with E-state index in [9.17, 15) is 9.90 Å².